The highest BCUT2D eigenvalue weighted by Gasteiger charge is 2.27. The Morgan fingerprint density at radius 3 is 2.50 bits per heavy atom. The van der Waals surface area contributed by atoms with Gasteiger partial charge in [-0.05, 0) is 59.2 Å². The Bertz CT molecular complexity index is 284. The molecule has 3 atom stereocenters. The number of carbonyl (C=O) groups is 1. The van der Waals surface area contributed by atoms with Crippen LogP contribution in [0.5, 0.6) is 0 Å². The molecule has 0 aromatic heterocycles. The fourth-order valence-corrected chi connectivity index (χ4v) is 3.16. The Balaban J connectivity index is 0.00000180. The van der Waals surface area contributed by atoms with E-state index < -0.39 is 0 Å². The van der Waals surface area contributed by atoms with Gasteiger partial charge < -0.3 is 15.5 Å². The molecule has 4 nitrogen and oxygen atoms in total. The van der Waals surface area contributed by atoms with Gasteiger partial charge in [0.2, 0.25) is 5.91 Å². The molecule has 1 saturated carbocycles. The van der Waals surface area contributed by atoms with Gasteiger partial charge in [-0.15, -0.1) is 24.8 Å². The highest BCUT2D eigenvalue weighted by molar-refractivity contribution is 5.85. The minimum Gasteiger partial charge on any atom is -0.353 e. The summed E-state index contributed by atoms with van der Waals surface area (Å²) in [5.74, 6) is 0.463. The van der Waals surface area contributed by atoms with E-state index in [0.29, 0.717) is 12.1 Å². The number of nitrogens with one attached hydrogen (secondary N) is 2. The molecule has 2 fully saturated rings. The summed E-state index contributed by atoms with van der Waals surface area (Å²) in [4.78, 5) is 14.5. The van der Waals surface area contributed by atoms with Gasteiger partial charge in [-0.2, -0.15) is 0 Å². The van der Waals surface area contributed by atoms with Gasteiger partial charge in [0.15, 0.2) is 0 Å². The average molecular weight is 326 g/mol. The number of rotatable bonds is 3. The molecule has 20 heavy (non-hydrogen) atoms. The van der Waals surface area contributed by atoms with Crippen LogP contribution in [0, 0.1) is 5.92 Å². The Morgan fingerprint density at radius 1 is 1.15 bits per heavy atom. The van der Waals surface area contributed by atoms with Crippen molar-refractivity contribution in [2.24, 2.45) is 5.92 Å². The first-order valence-electron chi connectivity index (χ1n) is 7.34. The molecule has 0 aromatic carbocycles. The minimum atomic E-state index is 0. The maximum absolute atomic E-state index is 12.2. The topological polar surface area (TPSA) is 44.4 Å². The molecule has 2 aliphatic rings. The van der Waals surface area contributed by atoms with Crippen LogP contribution in [0.2, 0.25) is 0 Å². The first-order valence-corrected chi connectivity index (χ1v) is 7.34. The Kier molecular flexibility index (Phi) is 9.81. The number of amides is 1. The lowest BCUT2D eigenvalue weighted by atomic mass is 9.89. The molecule has 2 N–H and O–H groups in total. The molecule has 1 aliphatic carbocycles. The lowest BCUT2D eigenvalue weighted by molar-refractivity contribution is -0.126. The molecule has 1 amide bonds. The van der Waals surface area contributed by atoms with Gasteiger partial charge in [0, 0.05) is 18.6 Å². The predicted molar refractivity (Wildman–Crippen MR) is 88.0 cm³/mol. The van der Waals surface area contributed by atoms with Gasteiger partial charge in [0.05, 0.1) is 5.92 Å². The zero-order valence-corrected chi connectivity index (χ0v) is 14.2. The third-order valence-electron chi connectivity index (χ3n) is 4.39. The molecule has 120 valence electrons. The zero-order chi connectivity index (χ0) is 13.0. The van der Waals surface area contributed by atoms with Crippen molar-refractivity contribution in [1.82, 2.24) is 15.5 Å². The molecule has 0 spiro atoms. The molecule has 0 aromatic rings. The summed E-state index contributed by atoms with van der Waals surface area (Å²) in [6.07, 6.45) is 6.93. The van der Waals surface area contributed by atoms with Crippen molar-refractivity contribution in [1.29, 1.82) is 0 Å². The summed E-state index contributed by atoms with van der Waals surface area (Å²) in [7, 11) is 4.28. The van der Waals surface area contributed by atoms with Crippen molar-refractivity contribution in [3.05, 3.63) is 0 Å². The zero-order valence-electron chi connectivity index (χ0n) is 12.6. The van der Waals surface area contributed by atoms with Gasteiger partial charge in [0.25, 0.3) is 0 Å². The van der Waals surface area contributed by atoms with E-state index in [0.717, 1.165) is 38.8 Å². The summed E-state index contributed by atoms with van der Waals surface area (Å²) in [5.41, 5.74) is 0. The van der Waals surface area contributed by atoms with E-state index in [9.17, 15) is 4.79 Å². The van der Waals surface area contributed by atoms with Crippen molar-refractivity contribution in [2.45, 2.75) is 50.6 Å². The quantitative estimate of drug-likeness (QED) is 0.831. The monoisotopic (exact) mass is 325 g/mol. The Hall–Kier alpha value is -0.0300. The molecule has 0 bridgehead atoms. The second-order valence-corrected chi connectivity index (χ2v) is 6.03. The summed E-state index contributed by atoms with van der Waals surface area (Å²) < 4.78 is 0. The maximum atomic E-state index is 12.2. The predicted octanol–water partition coefficient (Wildman–Crippen LogP) is 1.82. The third-order valence-corrected chi connectivity index (χ3v) is 4.39. The first-order chi connectivity index (χ1) is 8.66. The van der Waals surface area contributed by atoms with Gasteiger partial charge in [-0.3, -0.25) is 4.79 Å². The van der Waals surface area contributed by atoms with E-state index in [4.69, 9.17) is 0 Å². The van der Waals surface area contributed by atoms with Crippen LogP contribution in [-0.2, 0) is 4.79 Å². The van der Waals surface area contributed by atoms with Crippen LogP contribution in [0.25, 0.3) is 0 Å². The van der Waals surface area contributed by atoms with Crippen LogP contribution in [0.4, 0.5) is 0 Å². The summed E-state index contributed by atoms with van der Waals surface area (Å²) in [5, 5.41) is 6.58. The Morgan fingerprint density at radius 2 is 1.90 bits per heavy atom. The molecule has 1 heterocycles. The Labute approximate surface area is 135 Å². The molecular weight excluding hydrogens is 297 g/mol. The minimum absolute atomic E-state index is 0. The van der Waals surface area contributed by atoms with Gasteiger partial charge in [-0.1, -0.05) is 0 Å². The standard InChI is InChI=1S/C14H27N3O.2ClH/c1-17(2)13-7-3-6-12(9-13)16-14(18)11-5-4-8-15-10-11;;/h11-13,15H,3-10H2,1-2H3,(H,16,18);2*1H. The van der Waals surface area contributed by atoms with Crippen LogP contribution in [0.15, 0.2) is 0 Å². The maximum Gasteiger partial charge on any atom is 0.224 e. The summed E-state index contributed by atoms with van der Waals surface area (Å²) >= 11 is 0. The fraction of sp³-hybridized carbons (Fsp3) is 0.929. The summed E-state index contributed by atoms with van der Waals surface area (Å²) in [6.45, 7) is 1.92. The van der Waals surface area contributed by atoms with E-state index >= 15 is 0 Å². The third kappa shape index (κ3) is 5.76. The molecule has 6 heteroatoms. The SMILES string of the molecule is CN(C)C1CCCC(NC(=O)C2CCCNC2)C1.Cl.Cl. The van der Waals surface area contributed by atoms with E-state index in [1.807, 2.05) is 0 Å². The van der Waals surface area contributed by atoms with E-state index in [-0.39, 0.29) is 36.6 Å². The van der Waals surface area contributed by atoms with Gasteiger partial charge in [-0.25, -0.2) is 0 Å². The van der Waals surface area contributed by atoms with Crippen molar-refractivity contribution in [3.63, 3.8) is 0 Å². The van der Waals surface area contributed by atoms with Gasteiger partial charge >= 0.3 is 0 Å². The number of halogens is 2. The van der Waals surface area contributed by atoms with Crippen LogP contribution in [0.1, 0.15) is 38.5 Å². The van der Waals surface area contributed by atoms with Crippen LogP contribution >= 0.6 is 24.8 Å². The highest BCUT2D eigenvalue weighted by Crippen LogP contribution is 2.22. The molecule has 1 saturated heterocycles. The fourth-order valence-electron chi connectivity index (χ4n) is 3.16. The van der Waals surface area contributed by atoms with E-state index in [2.05, 4.69) is 29.6 Å². The second kappa shape index (κ2) is 9.82. The number of hydrogen-bond acceptors (Lipinski definition) is 3. The van der Waals surface area contributed by atoms with Gasteiger partial charge in [0.1, 0.15) is 0 Å². The van der Waals surface area contributed by atoms with Crippen LogP contribution < -0.4 is 10.6 Å². The molecule has 3 unspecified atom stereocenters. The van der Waals surface area contributed by atoms with Crippen molar-refractivity contribution in [3.8, 4) is 0 Å². The first kappa shape index (κ1) is 20.0. The number of carbonyl (C=O) groups excluding carboxylic acids is 1. The van der Waals surface area contributed by atoms with Crippen LogP contribution in [0.3, 0.4) is 0 Å². The normalized spacial score (nSPS) is 30.1. The second-order valence-electron chi connectivity index (χ2n) is 6.03. The molecule has 1 aliphatic heterocycles. The number of hydrogen-bond donors (Lipinski definition) is 2. The lowest BCUT2D eigenvalue weighted by Gasteiger charge is -2.34. The average Bonchev–Trinajstić information content (AvgIpc) is 2.40. The van der Waals surface area contributed by atoms with E-state index in [1.165, 1.54) is 12.8 Å². The molecule has 0 radical (unpaired) electrons. The summed E-state index contributed by atoms with van der Waals surface area (Å²) in [6, 6.07) is 1.02. The smallest absolute Gasteiger partial charge is 0.224 e. The van der Waals surface area contributed by atoms with Crippen molar-refractivity contribution < 1.29 is 4.79 Å². The van der Waals surface area contributed by atoms with Crippen molar-refractivity contribution in [2.75, 3.05) is 27.2 Å². The van der Waals surface area contributed by atoms with Crippen LogP contribution in [-0.4, -0.2) is 50.1 Å². The lowest BCUT2D eigenvalue weighted by Crippen LogP contribution is -2.48. The highest BCUT2D eigenvalue weighted by atomic mass is 35.5. The molecule has 2 rings (SSSR count). The van der Waals surface area contributed by atoms with E-state index in [1.54, 1.807) is 0 Å². The largest absolute Gasteiger partial charge is 0.353 e. The van der Waals surface area contributed by atoms with Crippen molar-refractivity contribution >= 4 is 30.7 Å². The number of nitrogens with zero attached hydrogens (tertiary/aromatic N) is 1. The number of piperidine rings is 1. The molecular formula is C14H29Cl2N3O.